The van der Waals surface area contributed by atoms with Gasteiger partial charge in [-0.15, -0.1) is 11.3 Å². The first-order valence-corrected chi connectivity index (χ1v) is 11.1. The molecule has 2 fully saturated rings. The molecular formula is C20H34N4OS. The highest BCUT2D eigenvalue weighted by molar-refractivity contribution is 7.09. The molecule has 0 bridgehead atoms. The van der Waals surface area contributed by atoms with E-state index in [1.165, 1.54) is 30.8 Å². The highest BCUT2D eigenvalue weighted by atomic mass is 32.1. The fraction of sp³-hybridized carbons (Fsp3) is 0.800. The third-order valence-electron chi connectivity index (χ3n) is 6.07. The summed E-state index contributed by atoms with van der Waals surface area (Å²) in [5, 5.41) is 3.17. The van der Waals surface area contributed by atoms with Crippen molar-refractivity contribution in [3.05, 3.63) is 16.1 Å². The molecular weight excluding hydrogens is 344 g/mol. The van der Waals surface area contributed by atoms with Crippen LogP contribution in [-0.2, 0) is 11.2 Å². The van der Waals surface area contributed by atoms with Gasteiger partial charge >= 0.3 is 0 Å². The van der Waals surface area contributed by atoms with Crippen molar-refractivity contribution in [1.29, 1.82) is 0 Å². The van der Waals surface area contributed by atoms with Crippen LogP contribution >= 0.6 is 11.3 Å². The Hall–Kier alpha value is -0.980. The van der Waals surface area contributed by atoms with E-state index in [9.17, 15) is 4.79 Å². The van der Waals surface area contributed by atoms with Crippen molar-refractivity contribution in [2.24, 2.45) is 5.92 Å². The number of piperidine rings is 2. The molecule has 3 rings (SSSR count). The molecule has 5 nitrogen and oxygen atoms in total. The monoisotopic (exact) mass is 378 g/mol. The van der Waals surface area contributed by atoms with Crippen molar-refractivity contribution in [2.75, 3.05) is 32.7 Å². The number of hydrogen-bond donors (Lipinski definition) is 1. The molecule has 26 heavy (non-hydrogen) atoms. The quantitative estimate of drug-likeness (QED) is 0.827. The second-order valence-corrected chi connectivity index (χ2v) is 9.04. The van der Waals surface area contributed by atoms with Crippen LogP contribution < -0.4 is 5.32 Å². The molecule has 0 aliphatic carbocycles. The molecule has 0 aromatic carbocycles. The number of rotatable bonds is 6. The lowest BCUT2D eigenvalue weighted by molar-refractivity contribution is -0.127. The Kier molecular flexibility index (Phi) is 7.06. The van der Waals surface area contributed by atoms with E-state index in [-0.39, 0.29) is 11.8 Å². The van der Waals surface area contributed by atoms with E-state index < -0.39 is 0 Å². The number of hydrogen-bond acceptors (Lipinski definition) is 5. The summed E-state index contributed by atoms with van der Waals surface area (Å²) in [7, 11) is 0. The predicted octanol–water partition coefficient (Wildman–Crippen LogP) is 2.70. The second kappa shape index (κ2) is 9.29. The van der Waals surface area contributed by atoms with Gasteiger partial charge in [0, 0.05) is 36.5 Å². The van der Waals surface area contributed by atoms with Crippen molar-refractivity contribution in [3.8, 4) is 0 Å². The number of nitrogens with one attached hydrogen (secondary N) is 1. The normalized spacial score (nSPS) is 23.5. The van der Waals surface area contributed by atoms with Gasteiger partial charge in [-0.1, -0.05) is 0 Å². The zero-order valence-corrected chi connectivity index (χ0v) is 17.4. The summed E-state index contributed by atoms with van der Waals surface area (Å²) in [6, 6.07) is 1.32. The number of aryl methyl sites for hydroxylation is 1. The third-order valence-corrected chi connectivity index (χ3v) is 7.06. The molecule has 2 aliphatic rings. The van der Waals surface area contributed by atoms with Gasteiger partial charge in [0.1, 0.15) is 0 Å². The predicted molar refractivity (Wildman–Crippen MR) is 108 cm³/mol. The Balaban J connectivity index is 1.43. The van der Waals surface area contributed by atoms with Gasteiger partial charge in [0.25, 0.3) is 0 Å². The lowest BCUT2D eigenvalue weighted by Gasteiger charge is -2.43. The van der Waals surface area contributed by atoms with Crippen LogP contribution in [0.2, 0.25) is 0 Å². The number of thiazole rings is 1. The minimum Gasteiger partial charge on any atom is -0.355 e. The Morgan fingerprint density at radius 2 is 2.08 bits per heavy atom. The van der Waals surface area contributed by atoms with Crippen LogP contribution in [0.4, 0.5) is 0 Å². The summed E-state index contributed by atoms with van der Waals surface area (Å²) < 4.78 is 0. The maximum Gasteiger partial charge on any atom is 0.224 e. The summed E-state index contributed by atoms with van der Waals surface area (Å²) in [5.74, 6) is 0.408. The van der Waals surface area contributed by atoms with E-state index in [1.807, 2.05) is 12.4 Å². The van der Waals surface area contributed by atoms with Crippen LogP contribution in [0.25, 0.3) is 0 Å². The minimum atomic E-state index is 0.162. The number of carbonyl (C=O) groups excluding carboxylic acids is 1. The molecule has 1 amide bonds. The zero-order chi connectivity index (χ0) is 18.5. The Bertz CT molecular complexity index is 580. The highest BCUT2D eigenvalue weighted by Gasteiger charge is 2.31. The van der Waals surface area contributed by atoms with Crippen LogP contribution in [0.15, 0.2) is 5.51 Å². The first kappa shape index (κ1) is 19.8. The number of likely N-dealkylation sites (tertiary alicyclic amines) is 2. The van der Waals surface area contributed by atoms with Crippen molar-refractivity contribution >= 4 is 17.2 Å². The van der Waals surface area contributed by atoms with E-state index in [2.05, 4.69) is 33.9 Å². The van der Waals surface area contributed by atoms with Crippen molar-refractivity contribution in [3.63, 3.8) is 0 Å². The van der Waals surface area contributed by atoms with Crippen LogP contribution in [0, 0.1) is 12.8 Å². The molecule has 1 aromatic rings. The molecule has 0 unspecified atom stereocenters. The number of nitrogens with zero attached hydrogens (tertiary/aromatic N) is 3. The topological polar surface area (TPSA) is 48.5 Å². The highest BCUT2D eigenvalue weighted by Crippen LogP contribution is 2.24. The summed E-state index contributed by atoms with van der Waals surface area (Å²) in [4.78, 5) is 23.4. The molecule has 6 heteroatoms. The molecule has 146 valence electrons. The van der Waals surface area contributed by atoms with Gasteiger partial charge in [-0.25, -0.2) is 4.98 Å². The third kappa shape index (κ3) is 5.05. The summed E-state index contributed by atoms with van der Waals surface area (Å²) in [6.45, 7) is 11.8. The Labute approximate surface area is 162 Å². The lowest BCUT2D eigenvalue weighted by Crippen LogP contribution is -2.51. The van der Waals surface area contributed by atoms with Gasteiger partial charge < -0.3 is 10.2 Å². The van der Waals surface area contributed by atoms with E-state index in [1.54, 1.807) is 11.3 Å². The lowest BCUT2D eigenvalue weighted by atomic mass is 9.93. The molecule has 3 heterocycles. The van der Waals surface area contributed by atoms with Crippen LogP contribution in [0.5, 0.6) is 0 Å². The molecule has 2 saturated heterocycles. The van der Waals surface area contributed by atoms with Crippen LogP contribution in [0.3, 0.4) is 0 Å². The minimum absolute atomic E-state index is 0.162. The van der Waals surface area contributed by atoms with Crippen molar-refractivity contribution in [1.82, 2.24) is 20.1 Å². The zero-order valence-electron chi connectivity index (χ0n) is 16.5. The van der Waals surface area contributed by atoms with Crippen LogP contribution in [0.1, 0.15) is 50.1 Å². The first-order valence-electron chi connectivity index (χ1n) is 10.2. The van der Waals surface area contributed by atoms with Crippen LogP contribution in [-0.4, -0.2) is 65.5 Å². The standard InChI is InChI=1S/C20H34N4OS/c1-15(2)23-11-7-18(8-12-23)24-10-4-5-17(13-24)20(25)21-9-6-19-16(3)22-14-26-19/h14-15,17-18H,4-13H2,1-3H3,(H,21,25)/t17-/m1/s1. The SMILES string of the molecule is Cc1ncsc1CCNC(=O)[C@@H]1CCCN(C2CCN(C(C)C)CC2)C1. The maximum absolute atomic E-state index is 12.6. The van der Waals surface area contributed by atoms with E-state index >= 15 is 0 Å². The smallest absolute Gasteiger partial charge is 0.224 e. The summed E-state index contributed by atoms with van der Waals surface area (Å²) >= 11 is 1.68. The average molecular weight is 379 g/mol. The largest absolute Gasteiger partial charge is 0.355 e. The van der Waals surface area contributed by atoms with Gasteiger partial charge in [-0.3, -0.25) is 9.69 Å². The second-order valence-electron chi connectivity index (χ2n) is 8.10. The summed E-state index contributed by atoms with van der Waals surface area (Å²) in [5.41, 5.74) is 2.98. The first-order chi connectivity index (χ1) is 12.5. The van der Waals surface area contributed by atoms with Gasteiger partial charge in [0.2, 0.25) is 5.91 Å². The fourth-order valence-electron chi connectivity index (χ4n) is 4.33. The molecule has 0 spiro atoms. The fourth-order valence-corrected chi connectivity index (χ4v) is 5.11. The Morgan fingerprint density at radius 3 is 2.73 bits per heavy atom. The number of amides is 1. The Morgan fingerprint density at radius 1 is 1.31 bits per heavy atom. The number of aromatic nitrogens is 1. The van der Waals surface area contributed by atoms with Crippen molar-refractivity contribution in [2.45, 2.75) is 65.0 Å². The van der Waals surface area contributed by atoms with Crippen molar-refractivity contribution < 1.29 is 4.79 Å². The molecule has 1 aromatic heterocycles. The van der Waals surface area contributed by atoms with Gasteiger partial charge in [0.15, 0.2) is 0 Å². The average Bonchev–Trinajstić information content (AvgIpc) is 3.07. The molecule has 1 N–H and O–H groups in total. The molecule has 0 radical (unpaired) electrons. The molecule has 1 atom stereocenters. The number of carbonyl (C=O) groups is 1. The molecule has 2 aliphatic heterocycles. The maximum atomic E-state index is 12.6. The summed E-state index contributed by atoms with van der Waals surface area (Å²) in [6.07, 6.45) is 5.57. The van der Waals surface area contributed by atoms with Gasteiger partial charge in [0.05, 0.1) is 17.1 Å². The van der Waals surface area contributed by atoms with Gasteiger partial charge in [-0.05, 0) is 66.1 Å². The molecule has 0 saturated carbocycles. The van der Waals surface area contributed by atoms with E-state index in [0.29, 0.717) is 12.1 Å². The van der Waals surface area contributed by atoms with E-state index in [4.69, 9.17) is 0 Å². The van der Waals surface area contributed by atoms with E-state index in [0.717, 1.165) is 44.6 Å². The van der Waals surface area contributed by atoms with Gasteiger partial charge in [-0.2, -0.15) is 0 Å².